The van der Waals surface area contributed by atoms with E-state index in [1.807, 2.05) is 43.3 Å². The molecule has 364 valence electrons. The molecule has 2 aliphatic heterocycles. The summed E-state index contributed by atoms with van der Waals surface area (Å²) in [6.45, 7) is 8.71. The van der Waals surface area contributed by atoms with Gasteiger partial charge in [0.15, 0.2) is 0 Å². The molecule has 3 fully saturated rings. The molecule has 0 radical (unpaired) electrons. The minimum atomic E-state index is -0.414. The summed E-state index contributed by atoms with van der Waals surface area (Å²) in [6.07, 6.45) is 16.6. The number of carbonyl (C=O) groups is 3. The molecule has 69 heavy (non-hydrogen) atoms. The number of nitrogens with zero attached hydrogens (tertiary/aromatic N) is 7. The molecular formula is C54H65ClFN9O4. The Morgan fingerprint density at radius 1 is 0.942 bits per heavy atom. The third kappa shape index (κ3) is 13.1. The van der Waals surface area contributed by atoms with Crippen LogP contribution in [0.4, 0.5) is 27.4 Å². The zero-order valence-electron chi connectivity index (χ0n) is 40.1. The number of hydrogen-bond acceptors (Lipinski definition) is 10. The van der Waals surface area contributed by atoms with E-state index in [2.05, 4.69) is 72.3 Å². The highest BCUT2D eigenvalue weighted by Gasteiger charge is 2.26. The van der Waals surface area contributed by atoms with Gasteiger partial charge in [-0.2, -0.15) is 4.98 Å². The molecule has 1 unspecified atom stereocenters. The van der Waals surface area contributed by atoms with E-state index in [4.69, 9.17) is 21.3 Å². The van der Waals surface area contributed by atoms with E-state index in [-0.39, 0.29) is 24.5 Å². The monoisotopic (exact) mass is 957 g/mol. The Labute approximate surface area is 410 Å². The van der Waals surface area contributed by atoms with Gasteiger partial charge in [-0.15, -0.1) is 0 Å². The fourth-order valence-electron chi connectivity index (χ4n) is 10.2. The van der Waals surface area contributed by atoms with E-state index in [9.17, 15) is 18.8 Å². The minimum absolute atomic E-state index is 0.0115. The molecule has 4 heterocycles. The standard InChI is InChI=1S/C54H65ClFN9O4/c1-38(11-18-52(68)58-36-66)62(3)50-17-14-39(28-51(50)61(2)37-67)8-7-27-69-47-21-25-64(26-22-47)34-41-19-23-63(24-20-41)33-40-12-15-42(16-13-40)49-35-65(46-9-5-4-6-10-46)53-48(49)32-57-54(60-53)59-45-30-43(55)29-44(56)31-45/h12-17,28-32,35-38,41,46-47H,4-6,9-11,18-27,33-34H2,1-3H3,(H,57,59,60)(H,58,66,68). The lowest BCUT2D eigenvalue weighted by Gasteiger charge is -2.37. The third-order valence-electron chi connectivity index (χ3n) is 14.3. The van der Waals surface area contributed by atoms with Gasteiger partial charge in [0.1, 0.15) is 18.1 Å². The number of amides is 3. The molecule has 0 bridgehead atoms. The molecule has 3 amide bonds. The van der Waals surface area contributed by atoms with Crippen LogP contribution in [-0.2, 0) is 25.7 Å². The van der Waals surface area contributed by atoms with Crippen LogP contribution in [0.1, 0.15) is 94.7 Å². The maximum Gasteiger partial charge on any atom is 0.229 e. The number of imide groups is 1. The Bertz CT molecular complexity index is 2590. The number of aromatic nitrogens is 3. The van der Waals surface area contributed by atoms with Crippen molar-refractivity contribution in [2.24, 2.45) is 5.92 Å². The minimum Gasteiger partial charge on any atom is -0.370 e. The van der Waals surface area contributed by atoms with Crippen molar-refractivity contribution in [3.05, 3.63) is 95.0 Å². The molecule has 3 aromatic carbocycles. The fraction of sp³-hybridized carbons (Fsp3) is 0.463. The lowest BCUT2D eigenvalue weighted by molar-refractivity contribution is -0.125. The first-order chi connectivity index (χ1) is 33.5. The number of benzene rings is 3. The van der Waals surface area contributed by atoms with E-state index in [0.717, 1.165) is 110 Å². The highest BCUT2D eigenvalue weighted by molar-refractivity contribution is 6.30. The van der Waals surface area contributed by atoms with Gasteiger partial charge in [0.25, 0.3) is 0 Å². The predicted octanol–water partition coefficient (Wildman–Crippen LogP) is 9.35. The van der Waals surface area contributed by atoms with E-state index in [0.29, 0.717) is 48.1 Å². The van der Waals surface area contributed by atoms with Crippen molar-refractivity contribution in [1.82, 2.24) is 29.7 Å². The molecule has 13 nitrogen and oxygen atoms in total. The molecule has 1 atom stereocenters. The van der Waals surface area contributed by atoms with Crippen molar-refractivity contribution in [3.8, 4) is 23.0 Å². The van der Waals surface area contributed by atoms with Crippen LogP contribution < -0.4 is 20.4 Å². The molecule has 15 heteroatoms. The molecular weight excluding hydrogens is 893 g/mol. The van der Waals surface area contributed by atoms with Gasteiger partial charge in [-0.3, -0.25) is 24.6 Å². The Balaban J connectivity index is 0.782. The van der Waals surface area contributed by atoms with Gasteiger partial charge >= 0.3 is 0 Å². The zero-order valence-corrected chi connectivity index (χ0v) is 40.9. The van der Waals surface area contributed by atoms with Crippen molar-refractivity contribution < 1.29 is 23.5 Å². The number of ether oxygens (including phenoxy) is 1. The van der Waals surface area contributed by atoms with Crippen LogP contribution in [0.15, 0.2) is 73.1 Å². The number of halogens is 2. The Hall–Kier alpha value is -5.85. The number of carbonyl (C=O) groups excluding carboxylic acids is 3. The second-order valence-electron chi connectivity index (χ2n) is 19.1. The lowest BCUT2D eigenvalue weighted by Crippen LogP contribution is -2.42. The van der Waals surface area contributed by atoms with Gasteiger partial charge in [-0.25, -0.2) is 9.37 Å². The maximum atomic E-state index is 14.1. The maximum absolute atomic E-state index is 14.1. The summed E-state index contributed by atoms with van der Waals surface area (Å²) < 4.78 is 22.7. The van der Waals surface area contributed by atoms with Crippen molar-refractivity contribution in [1.29, 1.82) is 0 Å². The highest BCUT2D eigenvalue weighted by atomic mass is 35.5. The van der Waals surface area contributed by atoms with Crippen LogP contribution >= 0.6 is 11.6 Å². The van der Waals surface area contributed by atoms with Crippen molar-refractivity contribution in [2.75, 3.05) is 68.5 Å². The van der Waals surface area contributed by atoms with Crippen molar-refractivity contribution in [3.63, 3.8) is 0 Å². The number of nitrogens with one attached hydrogen (secondary N) is 2. The predicted molar refractivity (Wildman–Crippen MR) is 272 cm³/mol. The van der Waals surface area contributed by atoms with Crippen LogP contribution in [0.5, 0.6) is 0 Å². The first-order valence-electron chi connectivity index (χ1n) is 24.6. The van der Waals surface area contributed by atoms with Gasteiger partial charge in [0.2, 0.25) is 24.7 Å². The van der Waals surface area contributed by atoms with Crippen LogP contribution in [-0.4, -0.2) is 109 Å². The number of rotatable bonds is 18. The van der Waals surface area contributed by atoms with Gasteiger partial charge in [-0.05, 0) is 118 Å². The van der Waals surface area contributed by atoms with E-state index in [1.165, 1.54) is 54.7 Å². The topological polar surface area (TPSA) is 128 Å². The van der Waals surface area contributed by atoms with Crippen molar-refractivity contribution >= 4 is 64.4 Å². The Morgan fingerprint density at radius 3 is 2.42 bits per heavy atom. The number of likely N-dealkylation sites (tertiary alicyclic amines) is 2. The van der Waals surface area contributed by atoms with Gasteiger partial charge in [0, 0.05) is 98.4 Å². The largest absolute Gasteiger partial charge is 0.370 e. The normalized spacial score (nSPS) is 16.9. The number of fused-ring (bicyclic) bond motifs is 1. The number of anilines is 4. The van der Waals surface area contributed by atoms with Crippen LogP contribution in [0, 0.1) is 23.6 Å². The van der Waals surface area contributed by atoms with Crippen LogP contribution in [0.3, 0.4) is 0 Å². The summed E-state index contributed by atoms with van der Waals surface area (Å²) >= 11 is 6.12. The van der Waals surface area contributed by atoms with Crippen molar-refractivity contribution in [2.45, 2.75) is 102 Å². The van der Waals surface area contributed by atoms with Gasteiger partial charge < -0.3 is 29.3 Å². The molecule has 0 spiro atoms. The number of piperidine rings is 2. The van der Waals surface area contributed by atoms with E-state index >= 15 is 0 Å². The van der Waals surface area contributed by atoms with Gasteiger partial charge in [0.05, 0.1) is 17.5 Å². The summed E-state index contributed by atoms with van der Waals surface area (Å²) in [7, 11) is 3.64. The Kier molecular flexibility index (Phi) is 17.0. The lowest BCUT2D eigenvalue weighted by atomic mass is 9.94. The third-order valence-corrected chi connectivity index (χ3v) is 14.5. The summed E-state index contributed by atoms with van der Waals surface area (Å²) in [5.74, 6) is 6.78. The smallest absolute Gasteiger partial charge is 0.229 e. The average Bonchev–Trinajstić information content (AvgIpc) is 3.74. The molecule has 5 aromatic rings. The summed E-state index contributed by atoms with van der Waals surface area (Å²) in [4.78, 5) is 52.6. The molecule has 8 rings (SSSR count). The average molecular weight is 959 g/mol. The van der Waals surface area contributed by atoms with E-state index < -0.39 is 5.82 Å². The zero-order chi connectivity index (χ0) is 48.3. The van der Waals surface area contributed by atoms with Crippen LogP contribution in [0.2, 0.25) is 5.02 Å². The second-order valence-corrected chi connectivity index (χ2v) is 19.5. The summed E-state index contributed by atoms with van der Waals surface area (Å²) in [6, 6.07) is 19.5. The molecule has 2 aromatic heterocycles. The molecule has 2 N–H and O–H groups in total. The summed E-state index contributed by atoms with van der Waals surface area (Å²) in [5, 5.41) is 6.67. The molecule has 1 saturated carbocycles. The SMILES string of the molecule is CC(CCC(=O)NC=O)N(C)c1ccc(C#CCOC2CCN(CC3CCN(Cc4ccc(-c5cn(C6CCCCC6)c6nc(Nc7cc(F)cc(Cl)c7)ncc56)cc4)CC3)CC2)cc1N(C)C=O. The number of hydrogen-bond donors (Lipinski definition) is 2. The van der Waals surface area contributed by atoms with E-state index in [1.54, 1.807) is 13.1 Å². The second kappa shape index (κ2) is 23.6. The van der Waals surface area contributed by atoms with Crippen LogP contribution in [0.25, 0.3) is 22.2 Å². The quantitative estimate of drug-likeness (QED) is 0.0648. The molecule has 3 aliphatic rings. The molecule has 2 saturated heterocycles. The summed E-state index contributed by atoms with van der Waals surface area (Å²) in [5.41, 5.74) is 7.35. The van der Waals surface area contributed by atoms with Gasteiger partial charge in [-0.1, -0.05) is 67.0 Å². The fourth-order valence-corrected chi connectivity index (χ4v) is 10.4. The highest BCUT2D eigenvalue weighted by Crippen LogP contribution is 2.37. The first kappa shape index (κ1) is 49.6. The first-order valence-corrected chi connectivity index (χ1v) is 24.9. The molecule has 1 aliphatic carbocycles. The Morgan fingerprint density at radius 2 is 1.70 bits per heavy atom.